The molecule has 2 aromatic carbocycles. The van der Waals surface area contributed by atoms with Crippen molar-refractivity contribution < 1.29 is 9.53 Å². The van der Waals surface area contributed by atoms with Gasteiger partial charge in [0, 0.05) is 33.8 Å². The number of anilines is 1. The van der Waals surface area contributed by atoms with Crippen LogP contribution in [0.25, 0.3) is 11.3 Å². The Balaban J connectivity index is 1.64. The average molecular weight is 478 g/mol. The molecule has 0 unspecified atom stereocenters. The van der Waals surface area contributed by atoms with Crippen LogP contribution in [0.4, 0.5) is 5.82 Å². The molecule has 1 atom stereocenters. The number of hydrogen-bond donors (Lipinski definition) is 1. The molecule has 3 aromatic rings. The SMILES string of the molecule is COc1ccc(-c2cc3n(n2)[C@@H](c2ccc(Br)cc2)C2=C(CC(C)(C)CC2=O)N3)cc1. The van der Waals surface area contributed by atoms with E-state index < -0.39 is 0 Å². The third-order valence-electron chi connectivity index (χ3n) is 6.02. The van der Waals surface area contributed by atoms with Crippen molar-refractivity contribution in [1.82, 2.24) is 9.78 Å². The minimum atomic E-state index is -0.241. The number of rotatable bonds is 3. The normalized spacial score (nSPS) is 19.5. The molecule has 2 aliphatic rings. The average Bonchev–Trinajstić information content (AvgIpc) is 3.16. The number of aromatic nitrogens is 2. The van der Waals surface area contributed by atoms with E-state index in [4.69, 9.17) is 9.84 Å². The van der Waals surface area contributed by atoms with Gasteiger partial charge in [0.25, 0.3) is 0 Å². The molecule has 1 aliphatic heterocycles. The Hall–Kier alpha value is -2.86. The number of halogens is 1. The molecule has 0 saturated heterocycles. The number of allylic oxidation sites excluding steroid dienone is 2. The van der Waals surface area contributed by atoms with Gasteiger partial charge >= 0.3 is 0 Å². The van der Waals surface area contributed by atoms with Gasteiger partial charge < -0.3 is 10.1 Å². The van der Waals surface area contributed by atoms with E-state index in [0.717, 1.165) is 50.6 Å². The number of Topliss-reactive ketones (excluding diaryl/α,β-unsaturated/α-hetero) is 1. The van der Waals surface area contributed by atoms with E-state index in [-0.39, 0.29) is 17.2 Å². The second-order valence-corrected chi connectivity index (χ2v) is 9.92. The quantitative estimate of drug-likeness (QED) is 0.503. The van der Waals surface area contributed by atoms with Crippen molar-refractivity contribution >= 4 is 27.5 Å². The van der Waals surface area contributed by atoms with Crippen molar-refractivity contribution in [3.05, 3.63) is 75.9 Å². The second-order valence-electron chi connectivity index (χ2n) is 9.00. The lowest BCUT2D eigenvalue weighted by molar-refractivity contribution is -0.118. The molecule has 1 N–H and O–H groups in total. The summed E-state index contributed by atoms with van der Waals surface area (Å²) in [6, 6.07) is 17.9. The number of nitrogens with one attached hydrogen (secondary N) is 1. The van der Waals surface area contributed by atoms with E-state index in [1.807, 2.05) is 41.1 Å². The number of carbonyl (C=O) groups is 1. The molecule has 0 saturated carbocycles. The van der Waals surface area contributed by atoms with Crippen molar-refractivity contribution in [1.29, 1.82) is 0 Å². The summed E-state index contributed by atoms with van der Waals surface area (Å²) >= 11 is 3.52. The summed E-state index contributed by atoms with van der Waals surface area (Å²) in [4.78, 5) is 13.3. The molecule has 6 heteroatoms. The summed E-state index contributed by atoms with van der Waals surface area (Å²) in [7, 11) is 1.66. The van der Waals surface area contributed by atoms with Crippen LogP contribution < -0.4 is 10.1 Å². The summed E-state index contributed by atoms with van der Waals surface area (Å²) in [5.41, 5.74) is 4.70. The first-order valence-electron chi connectivity index (χ1n) is 10.4. The maximum absolute atomic E-state index is 13.3. The molecule has 1 aliphatic carbocycles. The maximum atomic E-state index is 13.3. The third kappa shape index (κ3) is 3.59. The van der Waals surface area contributed by atoms with Gasteiger partial charge in [0.05, 0.1) is 12.8 Å². The fraction of sp³-hybridized carbons (Fsp3) is 0.280. The Morgan fingerprint density at radius 3 is 2.48 bits per heavy atom. The molecule has 31 heavy (non-hydrogen) atoms. The zero-order valence-corrected chi connectivity index (χ0v) is 19.4. The van der Waals surface area contributed by atoms with Crippen LogP contribution >= 0.6 is 15.9 Å². The third-order valence-corrected chi connectivity index (χ3v) is 6.55. The van der Waals surface area contributed by atoms with Crippen molar-refractivity contribution in [3.63, 3.8) is 0 Å². The highest BCUT2D eigenvalue weighted by molar-refractivity contribution is 9.10. The second kappa shape index (κ2) is 7.38. The van der Waals surface area contributed by atoms with Crippen LogP contribution in [0.1, 0.15) is 38.3 Å². The zero-order chi connectivity index (χ0) is 21.8. The van der Waals surface area contributed by atoms with E-state index in [0.29, 0.717) is 6.42 Å². The van der Waals surface area contributed by atoms with Crippen LogP contribution in [0.3, 0.4) is 0 Å². The molecule has 5 rings (SSSR count). The van der Waals surface area contributed by atoms with Gasteiger partial charge in [-0.15, -0.1) is 0 Å². The van der Waals surface area contributed by atoms with Gasteiger partial charge in [-0.05, 0) is 53.8 Å². The topological polar surface area (TPSA) is 56.2 Å². The highest BCUT2D eigenvalue weighted by Gasteiger charge is 2.41. The van der Waals surface area contributed by atoms with Crippen LogP contribution in [0.5, 0.6) is 5.75 Å². The highest BCUT2D eigenvalue weighted by Crippen LogP contribution is 2.46. The summed E-state index contributed by atoms with van der Waals surface area (Å²) in [5.74, 6) is 1.91. The number of fused-ring (bicyclic) bond motifs is 1. The zero-order valence-electron chi connectivity index (χ0n) is 17.8. The highest BCUT2D eigenvalue weighted by atomic mass is 79.9. The minimum absolute atomic E-state index is 0.0613. The van der Waals surface area contributed by atoms with Crippen LogP contribution in [0, 0.1) is 5.41 Å². The van der Waals surface area contributed by atoms with E-state index in [1.54, 1.807) is 7.11 Å². The Morgan fingerprint density at radius 2 is 1.81 bits per heavy atom. The first-order chi connectivity index (χ1) is 14.8. The van der Waals surface area contributed by atoms with Gasteiger partial charge in [-0.1, -0.05) is 41.9 Å². The summed E-state index contributed by atoms with van der Waals surface area (Å²) in [6.45, 7) is 4.30. The van der Waals surface area contributed by atoms with Crippen LogP contribution in [0.15, 0.2) is 70.3 Å². The van der Waals surface area contributed by atoms with Crippen LogP contribution in [0.2, 0.25) is 0 Å². The first kappa shape index (κ1) is 20.1. The van der Waals surface area contributed by atoms with Gasteiger partial charge in [0.1, 0.15) is 17.6 Å². The molecular formula is C25H24BrN3O2. The minimum Gasteiger partial charge on any atom is -0.497 e. The van der Waals surface area contributed by atoms with Gasteiger partial charge in [-0.3, -0.25) is 4.79 Å². The molecule has 5 nitrogen and oxygen atoms in total. The lowest BCUT2D eigenvalue weighted by Gasteiger charge is -2.38. The number of ketones is 1. The number of benzene rings is 2. The fourth-order valence-corrected chi connectivity index (χ4v) is 4.85. The van der Waals surface area contributed by atoms with Crippen LogP contribution in [-0.4, -0.2) is 22.7 Å². The van der Waals surface area contributed by atoms with E-state index in [1.165, 1.54) is 0 Å². The predicted octanol–water partition coefficient (Wildman–Crippen LogP) is 5.98. The van der Waals surface area contributed by atoms with Gasteiger partial charge in [0.2, 0.25) is 0 Å². The molecule has 0 spiro atoms. The van der Waals surface area contributed by atoms with Crippen molar-refractivity contribution in [3.8, 4) is 17.0 Å². The Bertz CT molecular complexity index is 1190. The molecular weight excluding hydrogens is 454 g/mol. The summed E-state index contributed by atoms with van der Waals surface area (Å²) < 4.78 is 8.25. The molecule has 1 aromatic heterocycles. The molecule has 0 amide bonds. The Morgan fingerprint density at radius 1 is 1.10 bits per heavy atom. The number of methoxy groups -OCH3 is 1. The van der Waals surface area contributed by atoms with E-state index >= 15 is 0 Å². The first-order valence-corrected chi connectivity index (χ1v) is 11.2. The van der Waals surface area contributed by atoms with Crippen molar-refractivity contribution in [2.24, 2.45) is 5.41 Å². The lowest BCUT2D eigenvalue weighted by atomic mass is 9.73. The van der Waals surface area contributed by atoms with Crippen molar-refractivity contribution in [2.75, 3.05) is 12.4 Å². The van der Waals surface area contributed by atoms with Crippen LogP contribution in [-0.2, 0) is 4.79 Å². The maximum Gasteiger partial charge on any atom is 0.163 e. The van der Waals surface area contributed by atoms with E-state index in [9.17, 15) is 4.79 Å². The van der Waals surface area contributed by atoms with Gasteiger partial charge in [-0.2, -0.15) is 5.10 Å². The fourth-order valence-electron chi connectivity index (χ4n) is 4.58. The van der Waals surface area contributed by atoms with E-state index in [2.05, 4.69) is 53.3 Å². The monoisotopic (exact) mass is 477 g/mol. The Labute approximate surface area is 190 Å². The molecule has 0 bridgehead atoms. The number of nitrogens with zero attached hydrogens (tertiary/aromatic N) is 2. The van der Waals surface area contributed by atoms with Gasteiger partial charge in [0.15, 0.2) is 5.78 Å². The summed E-state index contributed by atoms with van der Waals surface area (Å²) in [5, 5.41) is 8.47. The number of carbonyl (C=O) groups excluding carboxylic acids is 1. The van der Waals surface area contributed by atoms with Gasteiger partial charge in [-0.25, -0.2) is 4.68 Å². The standard InChI is InChI=1S/C25H24BrN3O2/c1-25(2)13-20-23(21(30)14-25)24(16-4-8-17(26)9-5-16)29-22(27-20)12-19(28-29)15-6-10-18(31-3)11-7-15/h4-12,24,27H,13-14H2,1-3H3/t24-/m0/s1. The molecule has 0 fully saturated rings. The summed E-state index contributed by atoms with van der Waals surface area (Å²) in [6.07, 6.45) is 1.38. The number of hydrogen-bond acceptors (Lipinski definition) is 4. The molecule has 0 radical (unpaired) electrons. The predicted molar refractivity (Wildman–Crippen MR) is 125 cm³/mol. The Kier molecular flexibility index (Phi) is 4.77. The smallest absolute Gasteiger partial charge is 0.163 e. The molecule has 2 heterocycles. The van der Waals surface area contributed by atoms with Crippen molar-refractivity contribution in [2.45, 2.75) is 32.7 Å². The molecule has 158 valence electrons. The lowest BCUT2D eigenvalue weighted by Crippen LogP contribution is -2.36. The largest absolute Gasteiger partial charge is 0.497 e. The number of ether oxygens (including phenoxy) is 1.